The lowest BCUT2D eigenvalue weighted by molar-refractivity contribution is 0.0948. The summed E-state index contributed by atoms with van der Waals surface area (Å²) in [5, 5.41) is 10.5. The van der Waals surface area contributed by atoms with E-state index in [1.807, 2.05) is 36.4 Å². The van der Waals surface area contributed by atoms with E-state index in [0.29, 0.717) is 12.1 Å². The van der Waals surface area contributed by atoms with Gasteiger partial charge in [0.2, 0.25) is 0 Å². The summed E-state index contributed by atoms with van der Waals surface area (Å²) in [6, 6.07) is 21.8. The molecule has 32 heavy (non-hydrogen) atoms. The molecule has 0 spiro atoms. The zero-order valence-corrected chi connectivity index (χ0v) is 17.9. The van der Waals surface area contributed by atoms with E-state index >= 15 is 0 Å². The van der Waals surface area contributed by atoms with Gasteiger partial charge in [0.15, 0.2) is 0 Å². The number of aromatic amines is 1. The molecule has 6 heteroatoms. The van der Waals surface area contributed by atoms with Gasteiger partial charge in [-0.25, -0.2) is 0 Å². The summed E-state index contributed by atoms with van der Waals surface area (Å²) in [5.41, 5.74) is 5.78. The summed E-state index contributed by atoms with van der Waals surface area (Å²) >= 11 is 0. The van der Waals surface area contributed by atoms with Crippen molar-refractivity contribution in [3.8, 4) is 22.5 Å². The average Bonchev–Trinajstić information content (AvgIpc) is 3.56. The molecule has 0 unspecified atom stereocenters. The van der Waals surface area contributed by atoms with Crippen molar-refractivity contribution >= 4 is 11.6 Å². The third-order valence-corrected chi connectivity index (χ3v) is 5.92. The molecule has 0 bridgehead atoms. The molecule has 0 radical (unpaired) electrons. The van der Waals surface area contributed by atoms with Gasteiger partial charge in [-0.2, -0.15) is 5.10 Å². The molecule has 1 fully saturated rings. The third-order valence-electron chi connectivity index (χ3n) is 5.92. The van der Waals surface area contributed by atoms with Crippen LogP contribution in [-0.4, -0.2) is 29.2 Å². The summed E-state index contributed by atoms with van der Waals surface area (Å²) in [6.07, 6.45) is 5.48. The van der Waals surface area contributed by atoms with Crippen molar-refractivity contribution in [2.75, 3.05) is 18.0 Å². The lowest BCUT2D eigenvalue weighted by Gasteiger charge is -2.28. The van der Waals surface area contributed by atoms with Crippen LogP contribution in [-0.2, 0) is 6.54 Å². The smallest absolute Gasteiger partial charge is 0.251 e. The van der Waals surface area contributed by atoms with Gasteiger partial charge in [-0.3, -0.25) is 9.89 Å². The van der Waals surface area contributed by atoms with Crippen LogP contribution >= 0.6 is 0 Å². The van der Waals surface area contributed by atoms with Crippen molar-refractivity contribution in [2.45, 2.75) is 25.8 Å². The maximum absolute atomic E-state index is 12.3. The Labute approximate surface area is 187 Å². The molecule has 4 aromatic rings. The molecule has 6 nitrogen and oxygen atoms in total. The first-order valence-electron chi connectivity index (χ1n) is 11.1. The number of aromatic nitrogens is 2. The Morgan fingerprint density at radius 1 is 0.969 bits per heavy atom. The van der Waals surface area contributed by atoms with Crippen molar-refractivity contribution in [2.24, 2.45) is 0 Å². The predicted molar refractivity (Wildman–Crippen MR) is 125 cm³/mol. The average molecular weight is 427 g/mol. The lowest BCUT2D eigenvalue weighted by Crippen LogP contribution is -2.29. The van der Waals surface area contributed by atoms with Crippen molar-refractivity contribution in [1.82, 2.24) is 15.5 Å². The molecule has 2 aromatic heterocycles. The number of rotatable bonds is 6. The molecule has 3 heterocycles. The first-order chi connectivity index (χ1) is 15.8. The fraction of sp³-hybridized carbons (Fsp3) is 0.231. The number of nitrogens with zero attached hydrogens (tertiary/aromatic N) is 2. The Morgan fingerprint density at radius 2 is 1.72 bits per heavy atom. The highest BCUT2D eigenvalue weighted by atomic mass is 16.3. The Morgan fingerprint density at radius 3 is 2.44 bits per heavy atom. The highest BCUT2D eigenvalue weighted by Gasteiger charge is 2.12. The number of amides is 1. The van der Waals surface area contributed by atoms with Crippen LogP contribution in [0.2, 0.25) is 0 Å². The summed E-state index contributed by atoms with van der Waals surface area (Å²) in [7, 11) is 0. The van der Waals surface area contributed by atoms with Gasteiger partial charge in [-0.1, -0.05) is 24.3 Å². The number of nitrogens with one attached hydrogen (secondary N) is 2. The van der Waals surface area contributed by atoms with Crippen molar-refractivity contribution in [3.63, 3.8) is 0 Å². The van der Waals surface area contributed by atoms with Gasteiger partial charge in [0, 0.05) is 29.9 Å². The van der Waals surface area contributed by atoms with Crippen LogP contribution in [0.15, 0.2) is 77.4 Å². The highest BCUT2D eigenvalue weighted by molar-refractivity contribution is 5.94. The third kappa shape index (κ3) is 4.44. The van der Waals surface area contributed by atoms with Crippen LogP contribution < -0.4 is 10.2 Å². The summed E-state index contributed by atoms with van der Waals surface area (Å²) in [4.78, 5) is 14.8. The molecule has 2 aromatic carbocycles. The molecule has 1 saturated heterocycles. The van der Waals surface area contributed by atoms with Crippen molar-refractivity contribution in [1.29, 1.82) is 0 Å². The van der Waals surface area contributed by atoms with Crippen LogP contribution in [0.4, 0.5) is 5.69 Å². The van der Waals surface area contributed by atoms with E-state index < -0.39 is 0 Å². The maximum atomic E-state index is 12.3. The molecule has 0 atom stereocenters. The fourth-order valence-electron chi connectivity index (χ4n) is 4.10. The van der Waals surface area contributed by atoms with Gasteiger partial charge in [0.1, 0.15) is 5.76 Å². The highest BCUT2D eigenvalue weighted by Crippen LogP contribution is 2.27. The predicted octanol–water partition coefficient (Wildman–Crippen LogP) is 5.26. The Hall–Kier alpha value is -3.80. The summed E-state index contributed by atoms with van der Waals surface area (Å²) < 4.78 is 5.24. The normalized spacial score (nSPS) is 13.8. The van der Waals surface area contributed by atoms with Gasteiger partial charge in [0.25, 0.3) is 5.91 Å². The Balaban J connectivity index is 1.24. The van der Waals surface area contributed by atoms with E-state index in [1.165, 1.54) is 24.9 Å². The molecule has 1 aliphatic rings. The number of anilines is 1. The lowest BCUT2D eigenvalue weighted by atomic mass is 10.1. The van der Waals surface area contributed by atoms with Crippen molar-refractivity contribution < 1.29 is 9.21 Å². The maximum Gasteiger partial charge on any atom is 0.251 e. The number of furan rings is 1. The molecule has 1 aliphatic heterocycles. The van der Waals surface area contributed by atoms with Crippen LogP contribution in [0, 0.1) is 0 Å². The molecular formula is C26H26N4O2. The molecular weight excluding hydrogens is 400 g/mol. The number of benzene rings is 2. The van der Waals surface area contributed by atoms with E-state index in [-0.39, 0.29) is 5.91 Å². The Bertz CT molecular complexity index is 1160. The summed E-state index contributed by atoms with van der Waals surface area (Å²) in [6.45, 7) is 2.65. The second kappa shape index (κ2) is 9.14. The number of H-pyrrole nitrogens is 1. The van der Waals surface area contributed by atoms with Gasteiger partial charge >= 0.3 is 0 Å². The molecule has 5 rings (SSSR count). The number of piperidine rings is 1. The topological polar surface area (TPSA) is 74.2 Å². The van der Waals surface area contributed by atoms with E-state index in [4.69, 9.17) is 4.42 Å². The fourth-order valence-corrected chi connectivity index (χ4v) is 4.10. The number of carbonyl (C=O) groups is 1. The number of carbonyl (C=O) groups excluding carboxylic acids is 1. The van der Waals surface area contributed by atoms with E-state index in [0.717, 1.165) is 41.4 Å². The first-order valence-corrected chi connectivity index (χ1v) is 11.1. The first kappa shape index (κ1) is 20.1. The summed E-state index contributed by atoms with van der Waals surface area (Å²) in [5.74, 6) is 0.593. The van der Waals surface area contributed by atoms with Gasteiger partial charge in [-0.15, -0.1) is 0 Å². The van der Waals surface area contributed by atoms with Gasteiger partial charge < -0.3 is 14.6 Å². The van der Waals surface area contributed by atoms with Crippen LogP contribution in [0.3, 0.4) is 0 Å². The van der Waals surface area contributed by atoms with Crippen molar-refractivity contribution in [3.05, 3.63) is 84.3 Å². The molecule has 1 amide bonds. The standard InChI is InChI=1S/C26H26N4O2/c31-26(27-18-23-5-4-16-32-23)21-8-6-19(7-9-21)24-17-25(29-28-24)20-10-12-22(13-11-20)30-14-2-1-3-15-30/h4-13,16-17H,1-3,14-15,18H2,(H,27,31)(H,28,29). The molecule has 0 saturated carbocycles. The minimum atomic E-state index is -0.132. The molecule has 162 valence electrons. The Kier molecular flexibility index (Phi) is 5.75. The quantitative estimate of drug-likeness (QED) is 0.441. The van der Waals surface area contributed by atoms with Crippen LogP contribution in [0.5, 0.6) is 0 Å². The second-order valence-corrected chi connectivity index (χ2v) is 8.10. The molecule has 0 aliphatic carbocycles. The van der Waals surface area contributed by atoms with E-state index in [2.05, 4.69) is 44.7 Å². The van der Waals surface area contributed by atoms with Gasteiger partial charge in [0.05, 0.1) is 24.2 Å². The molecule has 2 N–H and O–H groups in total. The minimum absolute atomic E-state index is 0.132. The van der Waals surface area contributed by atoms with E-state index in [1.54, 1.807) is 12.3 Å². The minimum Gasteiger partial charge on any atom is -0.467 e. The largest absolute Gasteiger partial charge is 0.467 e. The number of hydrogen-bond donors (Lipinski definition) is 2. The van der Waals surface area contributed by atoms with Crippen LogP contribution in [0.25, 0.3) is 22.5 Å². The second-order valence-electron chi connectivity index (χ2n) is 8.10. The SMILES string of the molecule is O=C(NCc1ccco1)c1ccc(-c2cc(-c3ccc(N4CCCCC4)cc3)n[nH]2)cc1. The monoisotopic (exact) mass is 426 g/mol. The van der Waals surface area contributed by atoms with E-state index in [9.17, 15) is 4.79 Å². The van der Waals surface area contributed by atoms with Gasteiger partial charge in [-0.05, 0) is 67.3 Å². The zero-order chi connectivity index (χ0) is 21.8. The van der Waals surface area contributed by atoms with Crippen LogP contribution in [0.1, 0.15) is 35.4 Å². The zero-order valence-electron chi connectivity index (χ0n) is 17.9. The number of hydrogen-bond acceptors (Lipinski definition) is 4.